The fraction of sp³-hybridized carbons (Fsp3) is 0.125. The first-order valence-electron chi connectivity index (χ1n) is 6.68. The standard InChI is InChI=1S/C16H15BrN4/c1-12-2-3-13(10-16(12)17)11-18-14-4-6-15(7-5-14)21-19-8-9-20-21/h2-10,18H,11H2,1H3. The number of aryl methyl sites for hydroxylation is 1. The average Bonchev–Trinajstić information content (AvgIpc) is 3.03. The van der Waals surface area contributed by atoms with E-state index in [0.29, 0.717) is 0 Å². The molecule has 0 amide bonds. The van der Waals surface area contributed by atoms with E-state index in [0.717, 1.165) is 22.4 Å². The molecular weight excluding hydrogens is 328 g/mol. The van der Waals surface area contributed by atoms with Gasteiger partial charge in [-0.15, -0.1) is 0 Å². The number of nitrogens with zero attached hydrogens (tertiary/aromatic N) is 3. The summed E-state index contributed by atoms with van der Waals surface area (Å²) in [5.74, 6) is 0. The summed E-state index contributed by atoms with van der Waals surface area (Å²) in [6.45, 7) is 2.88. The van der Waals surface area contributed by atoms with Gasteiger partial charge in [0.1, 0.15) is 0 Å². The minimum atomic E-state index is 0.790. The van der Waals surface area contributed by atoms with Gasteiger partial charge in [-0.3, -0.25) is 0 Å². The fourth-order valence-electron chi connectivity index (χ4n) is 2.01. The Kier molecular flexibility index (Phi) is 4.01. The van der Waals surface area contributed by atoms with Gasteiger partial charge in [0, 0.05) is 16.7 Å². The summed E-state index contributed by atoms with van der Waals surface area (Å²) in [5, 5.41) is 11.6. The van der Waals surface area contributed by atoms with E-state index in [1.165, 1.54) is 11.1 Å². The van der Waals surface area contributed by atoms with Crippen LogP contribution in [0.4, 0.5) is 5.69 Å². The lowest BCUT2D eigenvalue weighted by molar-refractivity contribution is 0.752. The Labute approximate surface area is 131 Å². The van der Waals surface area contributed by atoms with E-state index in [4.69, 9.17) is 0 Å². The second kappa shape index (κ2) is 6.10. The minimum Gasteiger partial charge on any atom is -0.381 e. The molecule has 2 aromatic carbocycles. The number of benzene rings is 2. The molecule has 4 nitrogen and oxygen atoms in total. The molecule has 1 heterocycles. The van der Waals surface area contributed by atoms with Gasteiger partial charge in [-0.25, -0.2) is 0 Å². The van der Waals surface area contributed by atoms with E-state index in [1.807, 2.05) is 24.3 Å². The van der Waals surface area contributed by atoms with Gasteiger partial charge in [-0.2, -0.15) is 15.0 Å². The Morgan fingerprint density at radius 3 is 2.43 bits per heavy atom. The molecule has 3 rings (SSSR count). The first kappa shape index (κ1) is 13.8. The third-order valence-electron chi connectivity index (χ3n) is 3.25. The maximum Gasteiger partial charge on any atom is 0.0858 e. The van der Waals surface area contributed by atoms with Crippen molar-refractivity contribution in [3.05, 3.63) is 70.5 Å². The lowest BCUT2D eigenvalue weighted by Gasteiger charge is -2.08. The first-order chi connectivity index (χ1) is 10.2. The van der Waals surface area contributed by atoms with Crippen molar-refractivity contribution in [3.63, 3.8) is 0 Å². The van der Waals surface area contributed by atoms with Crippen LogP contribution in [0.1, 0.15) is 11.1 Å². The Morgan fingerprint density at radius 1 is 1.05 bits per heavy atom. The maximum absolute atomic E-state index is 4.11. The van der Waals surface area contributed by atoms with E-state index in [1.54, 1.807) is 17.2 Å². The van der Waals surface area contributed by atoms with Crippen LogP contribution in [-0.4, -0.2) is 15.0 Å². The highest BCUT2D eigenvalue weighted by Crippen LogP contribution is 2.19. The van der Waals surface area contributed by atoms with Gasteiger partial charge >= 0.3 is 0 Å². The molecule has 3 aromatic rings. The van der Waals surface area contributed by atoms with E-state index >= 15 is 0 Å². The smallest absolute Gasteiger partial charge is 0.0858 e. The molecule has 0 aliphatic heterocycles. The summed E-state index contributed by atoms with van der Waals surface area (Å²) in [5.41, 5.74) is 4.51. The lowest BCUT2D eigenvalue weighted by atomic mass is 10.1. The van der Waals surface area contributed by atoms with Crippen LogP contribution in [0.5, 0.6) is 0 Å². The highest BCUT2D eigenvalue weighted by atomic mass is 79.9. The van der Waals surface area contributed by atoms with E-state index in [2.05, 4.69) is 56.6 Å². The normalized spacial score (nSPS) is 10.6. The van der Waals surface area contributed by atoms with Crippen molar-refractivity contribution in [2.45, 2.75) is 13.5 Å². The highest BCUT2D eigenvalue weighted by Gasteiger charge is 2.00. The molecular formula is C16H15BrN4. The van der Waals surface area contributed by atoms with Crippen LogP contribution in [0.2, 0.25) is 0 Å². The Bertz CT molecular complexity index is 721. The summed E-state index contributed by atoms with van der Waals surface area (Å²) >= 11 is 3.56. The molecule has 1 aromatic heterocycles. The van der Waals surface area contributed by atoms with Crippen molar-refractivity contribution in [2.24, 2.45) is 0 Å². The topological polar surface area (TPSA) is 42.7 Å². The second-order valence-electron chi connectivity index (χ2n) is 4.80. The molecule has 0 aliphatic rings. The van der Waals surface area contributed by atoms with Crippen LogP contribution >= 0.6 is 15.9 Å². The number of nitrogens with one attached hydrogen (secondary N) is 1. The molecule has 0 spiro atoms. The van der Waals surface area contributed by atoms with Crippen LogP contribution in [0.3, 0.4) is 0 Å². The molecule has 106 valence electrons. The summed E-state index contributed by atoms with van der Waals surface area (Å²) in [7, 11) is 0. The Balaban J connectivity index is 1.66. The molecule has 0 atom stereocenters. The Morgan fingerprint density at radius 2 is 1.76 bits per heavy atom. The molecule has 0 saturated carbocycles. The molecule has 0 radical (unpaired) electrons. The SMILES string of the molecule is Cc1ccc(CNc2ccc(-n3nccn3)cc2)cc1Br. The van der Waals surface area contributed by atoms with Gasteiger partial charge in [0.05, 0.1) is 18.1 Å². The summed E-state index contributed by atoms with van der Waals surface area (Å²) in [4.78, 5) is 1.60. The van der Waals surface area contributed by atoms with Crippen molar-refractivity contribution >= 4 is 21.6 Å². The molecule has 5 heteroatoms. The molecule has 0 unspecified atom stereocenters. The predicted molar refractivity (Wildman–Crippen MR) is 87.6 cm³/mol. The zero-order valence-corrected chi connectivity index (χ0v) is 13.2. The Hall–Kier alpha value is -2.14. The van der Waals surface area contributed by atoms with Crippen LogP contribution < -0.4 is 5.32 Å². The van der Waals surface area contributed by atoms with Crippen molar-refractivity contribution in [1.29, 1.82) is 0 Å². The zero-order chi connectivity index (χ0) is 14.7. The monoisotopic (exact) mass is 342 g/mol. The molecule has 0 saturated heterocycles. The van der Waals surface area contributed by atoms with E-state index < -0.39 is 0 Å². The van der Waals surface area contributed by atoms with Crippen molar-refractivity contribution in [1.82, 2.24) is 15.0 Å². The van der Waals surface area contributed by atoms with Crippen LogP contribution in [0.25, 0.3) is 5.69 Å². The molecule has 0 bridgehead atoms. The fourth-order valence-corrected chi connectivity index (χ4v) is 2.44. The number of hydrogen-bond acceptors (Lipinski definition) is 3. The number of halogens is 1. The van der Waals surface area contributed by atoms with Crippen molar-refractivity contribution in [3.8, 4) is 5.69 Å². The van der Waals surface area contributed by atoms with Gasteiger partial charge in [0.2, 0.25) is 0 Å². The van der Waals surface area contributed by atoms with Crippen LogP contribution in [0, 0.1) is 6.92 Å². The zero-order valence-electron chi connectivity index (χ0n) is 11.6. The summed E-state index contributed by atoms with van der Waals surface area (Å²) in [6, 6.07) is 14.4. The number of aromatic nitrogens is 3. The number of rotatable bonds is 4. The molecule has 21 heavy (non-hydrogen) atoms. The average molecular weight is 343 g/mol. The number of hydrogen-bond donors (Lipinski definition) is 1. The predicted octanol–water partition coefficient (Wildman–Crippen LogP) is 3.95. The molecule has 0 fully saturated rings. The highest BCUT2D eigenvalue weighted by molar-refractivity contribution is 9.10. The van der Waals surface area contributed by atoms with E-state index in [-0.39, 0.29) is 0 Å². The van der Waals surface area contributed by atoms with Gasteiger partial charge in [-0.1, -0.05) is 28.1 Å². The molecule has 1 N–H and O–H groups in total. The maximum atomic E-state index is 4.11. The van der Waals surface area contributed by atoms with Gasteiger partial charge in [0.25, 0.3) is 0 Å². The second-order valence-corrected chi connectivity index (χ2v) is 5.66. The van der Waals surface area contributed by atoms with Crippen molar-refractivity contribution in [2.75, 3.05) is 5.32 Å². The minimum absolute atomic E-state index is 0.790. The van der Waals surface area contributed by atoms with Gasteiger partial charge < -0.3 is 5.32 Å². The molecule has 0 aliphatic carbocycles. The summed E-state index contributed by atoms with van der Waals surface area (Å²) in [6.07, 6.45) is 3.34. The van der Waals surface area contributed by atoms with Gasteiger partial charge in [-0.05, 0) is 48.4 Å². The quantitative estimate of drug-likeness (QED) is 0.780. The lowest BCUT2D eigenvalue weighted by Crippen LogP contribution is -2.01. The first-order valence-corrected chi connectivity index (χ1v) is 7.47. The van der Waals surface area contributed by atoms with Gasteiger partial charge in [0.15, 0.2) is 0 Å². The third kappa shape index (κ3) is 3.31. The van der Waals surface area contributed by atoms with Crippen molar-refractivity contribution < 1.29 is 0 Å². The number of anilines is 1. The van der Waals surface area contributed by atoms with Crippen LogP contribution in [0.15, 0.2) is 59.3 Å². The largest absolute Gasteiger partial charge is 0.381 e. The van der Waals surface area contributed by atoms with Crippen LogP contribution in [-0.2, 0) is 6.54 Å². The third-order valence-corrected chi connectivity index (χ3v) is 4.10. The van der Waals surface area contributed by atoms with E-state index in [9.17, 15) is 0 Å². The summed E-state index contributed by atoms with van der Waals surface area (Å²) < 4.78 is 1.14.